The average Bonchev–Trinajstić information content (AvgIpc) is 2.96. The monoisotopic (exact) mass is 301 g/mol. The zero-order valence-corrected chi connectivity index (χ0v) is 13.8. The van der Waals surface area contributed by atoms with Gasteiger partial charge in [-0.1, -0.05) is 11.3 Å². The molecule has 0 aliphatic carbocycles. The number of nitrogens with zero attached hydrogens (tertiary/aromatic N) is 2. The third-order valence-corrected chi connectivity index (χ3v) is 6.05. The SMILES string of the molecule is COc1nc(N(C)C)sc1CNCC1(C)CCCS1. The largest absolute Gasteiger partial charge is 0.480 e. The lowest BCUT2D eigenvalue weighted by atomic mass is 10.1. The molecule has 0 saturated carbocycles. The molecule has 1 aromatic heterocycles. The molecule has 0 amide bonds. The summed E-state index contributed by atoms with van der Waals surface area (Å²) in [5, 5.41) is 4.56. The van der Waals surface area contributed by atoms with Crippen molar-refractivity contribution < 1.29 is 4.74 Å². The van der Waals surface area contributed by atoms with Gasteiger partial charge in [0.15, 0.2) is 5.13 Å². The van der Waals surface area contributed by atoms with Crippen molar-refractivity contribution >= 4 is 28.2 Å². The number of ether oxygens (including phenoxy) is 1. The van der Waals surface area contributed by atoms with Gasteiger partial charge in [-0.2, -0.15) is 16.7 Å². The van der Waals surface area contributed by atoms with Gasteiger partial charge in [0, 0.05) is 31.9 Å². The van der Waals surface area contributed by atoms with Crippen molar-refractivity contribution in [2.75, 3.05) is 38.4 Å². The van der Waals surface area contributed by atoms with Gasteiger partial charge in [0.2, 0.25) is 5.88 Å². The van der Waals surface area contributed by atoms with Gasteiger partial charge in [0.05, 0.1) is 12.0 Å². The fourth-order valence-corrected chi connectivity index (χ4v) is 4.40. The van der Waals surface area contributed by atoms with Crippen LogP contribution in [0.4, 0.5) is 5.13 Å². The molecule has 1 saturated heterocycles. The van der Waals surface area contributed by atoms with E-state index in [9.17, 15) is 0 Å². The van der Waals surface area contributed by atoms with Crippen LogP contribution in [0.25, 0.3) is 0 Å². The summed E-state index contributed by atoms with van der Waals surface area (Å²) in [4.78, 5) is 7.67. The first-order chi connectivity index (χ1) is 9.04. The molecule has 0 aromatic carbocycles. The first-order valence-electron chi connectivity index (χ1n) is 6.60. The van der Waals surface area contributed by atoms with Crippen LogP contribution in [0.1, 0.15) is 24.6 Å². The van der Waals surface area contributed by atoms with Crippen LogP contribution in [0, 0.1) is 0 Å². The summed E-state index contributed by atoms with van der Waals surface area (Å²) in [6.45, 7) is 4.24. The molecule has 6 heteroatoms. The molecule has 1 aliphatic rings. The number of thiazole rings is 1. The van der Waals surface area contributed by atoms with Crippen molar-refractivity contribution in [3.63, 3.8) is 0 Å². The summed E-state index contributed by atoms with van der Waals surface area (Å²) < 4.78 is 5.76. The quantitative estimate of drug-likeness (QED) is 0.874. The standard InChI is InChI=1S/C13H23N3OS2/c1-13(6-5-7-18-13)9-14-8-10-11(17-4)15-12(19-10)16(2)3/h14H,5-9H2,1-4H3. The molecule has 2 heterocycles. The van der Waals surface area contributed by atoms with E-state index in [1.165, 1.54) is 23.5 Å². The van der Waals surface area contributed by atoms with Crippen LogP contribution in [-0.2, 0) is 6.54 Å². The average molecular weight is 301 g/mol. The fraction of sp³-hybridized carbons (Fsp3) is 0.769. The van der Waals surface area contributed by atoms with E-state index in [2.05, 4.69) is 29.0 Å². The molecule has 1 aromatic rings. The summed E-state index contributed by atoms with van der Waals surface area (Å²) in [7, 11) is 5.70. The Kier molecular flexibility index (Phi) is 4.97. The van der Waals surface area contributed by atoms with E-state index in [0.717, 1.165) is 24.1 Å². The lowest BCUT2D eigenvalue weighted by Crippen LogP contribution is -2.32. The van der Waals surface area contributed by atoms with Crippen molar-refractivity contribution in [3.8, 4) is 5.88 Å². The highest BCUT2D eigenvalue weighted by Crippen LogP contribution is 2.37. The number of methoxy groups -OCH3 is 1. The molecule has 1 fully saturated rings. The summed E-state index contributed by atoms with van der Waals surface area (Å²) in [6.07, 6.45) is 2.66. The highest BCUT2D eigenvalue weighted by Gasteiger charge is 2.29. The van der Waals surface area contributed by atoms with E-state index in [0.29, 0.717) is 4.75 Å². The van der Waals surface area contributed by atoms with E-state index in [1.54, 1.807) is 18.4 Å². The van der Waals surface area contributed by atoms with Gasteiger partial charge < -0.3 is 15.0 Å². The van der Waals surface area contributed by atoms with Crippen LogP contribution in [0.5, 0.6) is 5.88 Å². The predicted molar refractivity (Wildman–Crippen MR) is 84.8 cm³/mol. The predicted octanol–water partition coefficient (Wildman–Crippen LogP) is 2.59. The molecule has 0 spiro atoms. The molecule has 0 bridgehead atoms. The van der Waals surface area contributed by atoms with Crippen LogP contribution in [-0.4, -0.2) is 43.2 Å². The number of aromatic nitrogens is 1. The summed E-state index contributed by atoms with van der Waals surface area (Å²) >= 11 is 3.78. The Morgan fingerprint density at radius 1 is 1.47 bits per heavy atom. The molecular weight excluding hydrogens is 278 g/mol. The van der Waals surface area contributed by atoms with Crippen molar-refractivity contribution in [2.24, 2.45) is 0 Å². The minimum atomic E-state index is 0.405. The Bertz CT molecular complexity index is 414. The lowest BCUT2D eigenvalue weighted by Gasteiger charge is -2.22. The van der Waals surface area contributed by atoms with Crippen molar-refractivity contribution in [2.45, 2.75) is 31.1 Å². The van der Waals surface area contributed by atoms with E-state index >= 15 is 0 Å². The van der Waals surface area contributed by atoms with Gasteiger partial charge >= 0.3 is 0 Å². The molecule has 1 aliphatic heterocycles. The first-order valence-corrected chi connectivity index (χ1v) is 8.40. The topological polar surface area (TPSA) is 37.4 Å². The number of thioether (sulfide) groups is 1. The summed E-state index contributed by atoms with van der Waals surface area (Å²) in [5.74, 6) is 2.05. The van der Waals surface area contributed by atoms with Gasteiger partial charge in [-0.25, -0.2) is 0 Å². The van der Waals surface area contributed by atoms with Crippen LogP contribution < -0.4 is 15.0 Å². The van der Waals surface area contributed by atoms with Gasteiger partial charge in [-0.05, 0) is 25.5 Å². The Hall–Kier alpha value is -0.460. The molecule has 2 rings (SSSR count). The van der Waals surface area contributed by atoms with Crippen LogP contribution >= 0.6 is 23.1 Å². The fourth-order valence-electron chi connectivity index (χ4n) is 2.21. The van der Waals surface area contributed by atoms with Crippen LogP contribution in [0.15, 0.2) is 0 Å². The number of rotatable bonds is 6. The molecule has 1 N–H and O–H groups in total. The maximum absolute atomic E-state index is 5.35. The number of hydrogen-bond acceptors (Lipinski definition) is 6. The number of nitrogens with one attached hydrogen (secondary N) is 1. The molecule has 1 unspecified atom stereocenters. The van der Waals surface area contributed by atoms with E-state index in [4.69, 9.17) is 4.74 Å². The van der Waals surface area contributed by atoms with Gasteiger partial charge in [-0.15, -0.1) is 0 Å². The third kappa shape index (κ3) is 3.77. The maximum atomic E-state index is 5.35. The molecule has 19 heavy (non-hydrogen) atoms. The molecule has 1 atom stereocenters. The molecular formula is C13H23N3OS2. The zero-order valence-electron chi connectivity index (χ0n) is 12.2. The van der Waals surface area contributed by atoms with Gasteiger partial charge in [0.25, 0.3) is 0 Å². The molecule has 108 valence electrons. The third-order valence-electron chi connectivity index (χ3n) is 3.31. The number of hydrogen-bond donors (Lipinski definition) is 1. The summed E-state index contributed by atoms with van der Waals surface area (Å²) in [6, 6.07) is 0. The Labute approximate surface area is 123 Å². The van der Waals surface area contributed by atoms with Crippen LogP contribution in [0.2, 0.25) is 0 Å². The van der Waals surface area contributed by atoms with E-state index in [-0.39, 0.29) is 0 Å². The molecule has 0 radical (unpaired) electrons. The Morgan fingerprint density at radius 2 is 2.26 bits per heavy atom. The van der Waals surface area contributed by atoms with Crippen LogP contribution in [0.3, 0.4) is 0 Å². The minimum absolute atomic E-state index is 0.405. The maximum Gasteiger partial charge on any atom is 0.230 e. The van der Waals surface area contributed by atoms with Gasteiger partial charge in [-0.3, -0.25) is 0 Å². The van der Waals surface area contributed by atoms with E-state index in [1.807, 2.05) is 19.0 Å². The zero-order chi connectivity index (χ0) is 13.9. The highest BCUT2D eigenvalue weighted by molar-refractivity contribution is 8.00. The highest BCUT2D eigenvalue weighted by atomic mass is 32.2. The second-order valence-corrected chi connectivity index (χ2v) is 8.07. The lowest BCUT2D eigenvalue weighted by molar-refractivity contribution is 0.394. The Morgan fingerprint density at radius 3 is 2.84 bits per heavy atom. The summed E-state index contributed by atoms with van der Waals surface area (Å²) in [5.41, 5.74) is 0. The minimum Gasteiger partial charge on any atom is -0.480 e. The second kappa shape index (κ2) is 6.33. The van der Waals surface area contributed by atoms with Crippen molar-refractivity contribution in [1.82, 2.24) is 10.3 Å². The second-order valence-electron chi connectivity index (χ2n) is 5.33. The van der Waals surface area contributed by atoms with Crippen molar-refractivity contribution in [1.29, 1.82) is 0 Å². The van der Waals surface area contributed by atoms with E-state index < -0.39 is 0 Å². The normalized spacial score (nSPS) is 22.7. The molecule has 4 nitrogen and oxygen atoms in total. The van der Waals surface area contributed by atoms with Gasteiger partial charge in [0.1, 0.15) is 0 Å². The Balaban J connectivity index is 1.91. The smallest absolute Gasteiger partial charge is 0.230 e. The van der Waals surface area contributed by atoms with Crippen molar-refractivity contribution in [3.05, 3.63) is 4.88 Å². The number of anilines is 1. The first kappa shape index (κ1) is 14.9.